The van der Waals surface area contributed by atoms with Crippen LogP contribution in [0.2, 0.25) is 0 Å². The zero-order chi connectivity index (χ0) is 17.2. The standard InChI is InChI=1S/C20H13FN2O2/c21-15-9-3-6-12-18(15)25-20-13-7-1-4-10-16(13)22-19(23-20)14-8-2-5-11-17(14)24/h1-12,24H. The Labute approximate surface area is 143 Å². The van der Waals surface area contributed by atoms with Crippen LogP contribution in [-0.2, 0) is 0 Å². The van der Waals surface area contributed by atoms with E-state index < -0.39 is 5.82 Å². The summed E-state index contributed by atoms with van der Waals surface area (Å²) < 4.78 is 19.7. The third kappa shape index (κ3) is 2.87. The van der Waals surface area contributed by atoms with Crippen molar-refractivity contribution in [2.45, 2.75) is 0 Å². The van der Waals surface area contributed by atoms with E-state index in [1.54, 1.807) is 42.5 Å². The molecule has 5 heteroatoms. The lowest BCUT2D eigenvalue weighted by Crippen LogP contribution is -1.97. The number of hydrogen-bond donors (Lipinski definition) is 1. The highest BCUT2D eigenvalue weighted by molar-refractivity contribution is 5.85. The summed E-state index contributed by atoms with van der Waals surface area (Å²) in [5, 5.41) is 10.7. The van der Waals surface area contributed by atoms with Crippen molar-refractivity contribution in [3.63, 3.8) is 0 Å². The molecule has 25 heavy (non-hydrogen) atoms. The van der Waals surface area contributed by atoms with Crippen LogP contribution in [0.1, 0.15) is 0 Å². The van der Waals surface area contributed by atoms with E-state index in [9.17, 15) is 9.50 Å². The summed E-state index contributed by atoms with van der Waals surface area (Å²) in [4.78, 5) is 8.89. The van der Waals surface area contributed by atoms with Gasteiger partial charge in [0, 0.05) is 0 Å². The minimum Gasteiger partial charge on any atom is -0.507 e. The number of benzene rings is 3. The minimum absolute atomic E-state index is 0.0645. The van der Waals surface area contributed by atoms with Crippen LogP contribution in [0.4, 0.5) is 4.39 Å². The van der Waals surface area contributed by atoms with Crippen molar-refractivity contribution in [2.24, 2.45) is 0 Å². The first-order valence-corrected chi connectivity index (χ1v) is 7.70. The van der Waals surface area contributed by atoms with Gasteiger partial charge in [0.15, 0.2) is 17.4 Å². The van der Waals surface area contributed by atoms with Crippen molar-refractivity contribution in [2.75, 3.05) is 0 Å². The number of phenols is 1. The monoisotopic (exact) mass is 332 g/mol. The normalized spacial score (nSPS) is 10.8. The molecule has 1 aromatic heterocycles. The van der Waals surface area contributed by atoms with E-state index in [2.05, 4.69) is 9.97 Å². The number of nitrogens with zero attached hydrogens (tertiary/aromatic N) is 2. The maximum Gasteiger partial charge on any atom is 0.230 e. The van der Waals surface area contributed by atoms with Crippen molar-refractivity contribution in [1.29, 1.82) is 0 Å². The van der Waals surface area contributed by atoms with E-state index in [1.165, 1.54) is 12.1 Å². The zero-order valence-corrected chi connectivity index (χ0v) is 13.1. The number of rotatable bonds is 3. The fraction of sp³-hybridized carbons (Fsp3) is 0. The van der Waals surface area contributed by atoms with Gasteiger partial charge >= 0.3 is 0 Å². The van der Waals surface area contributed by atoms with E-state index >= 15 is 0 Å². The number of aromatic hydroxyl groups is 1. The molecule has 1 heterocycles. The van der Waals surface area contributed by atoms with Crippen molar-refractivity contribution in [3.05, 3.63) is 78.6 Å². The average Bonchev–Trinajstić information content (AvgIpc) is 2.64. The quantitative estimate of drug-likeness (QED) is 0.578. The van der Waals surface area contributed by atoms with Crippen molar-refractivity contribution in [3.8, 4) is 28.8 Å². The van der Waals surface area contributed by atoms with E-state index in [1.807, 2.05) is 18.2 Å². The Kier molecular flexibility index (Phi) is 3.74. The summed E-state index contributed by atoms with van der Waals surface area (Å²) in [5.41, 5.74) is 1.12. The Hall–Kier alpha value is -3.47. The van der Waals surface area contributed by atoms with Crippen LogP contribution in [0.15, 0.2) is 72.8 Å². The first-order valence-electron chi connectivity index (χ1n) is 7.70. The van der Waals surface area contributed by atoms with Gasteiger partial charge in [-0.3, -0.25) is 0 Å². The maximum atomic E-state index is 14.0. The highest BCUT2D eigenvalue weighted by Crippen LogP contribution is 2.33. The molecule has 0 aliphatic rings. The van der Waals surface area contributed by atoms with Crippen molar-refractivity contribution in [1.82, 2.24) is 9.97 Å². The smallest absolute Gasteiger partial charge is 0.230 e. The lowest BCUT2D eigenvalue weighted by molar-refractivity contribution is 0.432. The molecule has 0 saturated heterocycles. The second-order valence-electron chi connectivity index (χ2n) is 5.42. The van der Waals surface area contributed by atoms with Crippen LogP contribution in [-0.4, -0.2) is 15.1 Å². The molecule has 1 N–H and O–H groups in total. The van der Waals surface area contributed by atoms with Gasteiger partial charge in [0.1, 0.15) is 5.75 Å². The number of ether oxygens (including phenoxy) is 1. The number of fused-ring (bicyclic) bond motifs is 1. The average molecular weight is 332 g/mol. The lowest BCUT2D eigenvalue weighted by Gasteiger charge is -2.11. The van der Waals surface area contributed by atoms with Gasteiger partial charge < -0.3 is 9.84 Å². The molecule has 0 atom stereocenters. The molecule has 0 bridgehead atoms. The summed E-state index contributed by atoms with van der Waals surface area (Å²) in [6.07, 6.45) is 0. The van der Waals surface area contributed by atoms with Crippen LogP contribution >= 0.6 is 0 Å². The lowest BCUT2D eigenvalue weighted by atomic mass is 10.1. The van der Waals surface area contributed by atoms with Gasteiger partial charge in [-0.2, -0.15) is 4.98 Å². The Morgan fingerprint density at radius 1 is 0.800 bits per heavy atom. The molecular weight excluding hydrogens is 319 g/mol. The van der Waals surface area contributed by atoms with Crippen LogP contribution in [0.5, 0.6) is 17.4 Å². The summed E-state index contributed by atoms with van der Waals surface area (Å²) >= 11 is 0. The minimum atomic E-state index is -0.477. The van der Waals surface area contributed by atoms with E-state index in [4.69, 9.17) is 4.74 Å². The Morgan fingerprint density at radius 2 is 1.52 bits per heavy atom. The third-order valence-corrected chi connectivity index (χ3v) is 3.76. The summed E-state index contributed by atoms with van der Waals surface area (Å²) in [6.45, 7) is 0. The fourth-order valence-electron chi connectivity index (χ4n) is 2.54. The molecule has 3 aromatic carbocycles. The van der Waals surface area contributed by atoms with Gasteiger partial charge in [-0.25, -0.2) is 9.37 Å². The van der Waals surface area contributed by atoms with Crippen molar-refractivity contribution >= 4 is 10.9 Å². The molecule has 4 aromatic rings. The first-order chi connectivity index (χ1) is 12.2. The largest absolute Gasteiger partial charge is 0.507 e. The molecule has 0 aliphatic heterocycles. The first kappa shape index (κ1) is 15.1. The molecule has 122 valence electrons. The molecule has 0 radical (unpaired) electrons. The molecule has 4 rings (SSSR count). The molecule has 0 fully saturated rings. The highest BCUT2D eigenvalue weighted by Gasteiger charge is 2.14. The van der Waals surface area contributed by atoms with Crippen LogP contribution in [0.3, 0.4) is 0 Å². The molecular formula is C20H13FN2O2. The maximum absolute atomic E-state index is 14.0. The molecule has 0 aliphatic carbocycles. The highest BCUT2D eigenvalue weighted by atomic mass is 19.1. The zero-order valence-electron chi connectivity index (χ0n) is 13.1. The predicted molar refractivity (Wildman–Crippen MR) is 93.1 cm³/mol. The van der Waals surface area contributed by atoms with Crippen LogP contribution in [0, 0.1) is 5.82 Å². The van der Waals surface area contributed by atoms with Gasteiger partial charge in [-0.15, -0.1) is 0 Å². The van der Waals surface area contributed by atoms with Gasteiger partial charge in [0.05, 0.1) is 16.5 Å². The SMILES string of the molecule is Oc1ccccc1-c1nc(Oc2ccccc2F)c2ccccc2n1. The van der Waals surface area contributed by atoms with Crippen LogP contribution in [0.25, 0.3) is 22.3 Å². The number of aromatic nitrogens is 2. The number of halogens is 1. The second kappa shape index (κ2) is 6.20. The third-order valence-electron chi connectivity index (χ3n) is 3.76. The molecule has 0 unspecified atom stereocenters. The van der Waals surface area contributed by atoms with Crippen molar-refractivity contribution < 1.29 is 14.2 Å². The fourth-order valence-corrected chi connectivity index (χ4v) is 2.54. The second-order valence-corrected chi connectivity index (χ2v) is 5.42. The van der Waals surface area contributed by atoms with Gasteiger partial charge in [-0.05, 0) is 36.4 Å². The van der Waals surface area contributed by atoms with Gasteiger partial charge in [0.2, 0.25) is 5.88 Å². The molecule has 0 saturated carbocycles. The Balaban J connectivity index is 1.91. The number of para-hydroxylation sites is 3. The van der Waals surface area contributed by atoms with Gasteiger partial charge in [-0.1, -0.05) is 36.4 Å². The Morgan fingerprint density at radius 3 is 2.36 bits per heavy atom. The predicted octanol–water partition coefficient (Wildman–Crippen LogP) is 4.93. The van der Waals surface area contributed by atoms with E-state index in [0.717, 1.165) is 0 Å². The topological polar surface area (TPSA) is 55.2 Å². The summed E-state index contributed by atoms with van der Waals surface area (Å²) in [6, 6.07) is 20.2. The molecule has 0 spiro atoms. The van der Waals surface area contributed by atoms with E-state index in [-0.39, 0.29) is 17.4 Å². The summed E-state index contributed by atoms with van der Waals surface area (Å²) in [5.74, 6) is 0.204. The molecule has 0 amide bonds. The van der Waals surface area contributed by atoms with E-state index in [0.29, 0.717) is 22.3 Å². The van der Waals surface area contributed by atoms with Crippen LogP contribution < -0.4 is 4.74 Å². The van der Waals surface area contributed by atoms with Gasteiger partial charge in [0.25, 0.3) is 0 Å². The number of phenolic OH excluding ortho intramolecular Hbond substituents is 1. The summed E-state index contributed by atoms with van der Waals surface area (Å²) in [7, 11) is 0. The molecule has 4 nitrogen and oxygen atoms in total. The Bertz CT molecular complexity index is 1070. The number of hydrogen-bond acceptors (Lipinski definition) is 4.